The summed E-state index contributed by atoms with van der Waals surface area (Å²) < 4.78 is 79.2. The molecule has 1 amide bonds. The van der Waals surface area contributed by atoms with E-state index in [9.17, 15) is 36.2 Å². The molecule has 4 rings (SSSR count). The van der Waals surface area contributed by atoms with Gasteiger partial charge in [-0.15, -0.1) is 0 Å². The highest BCUT2D eigenvalue weighted by molar-refractivity contribution is 6.08. The van der Waals surface area contributed by atoms with Gasteiger partial charge < -0.3 is 10.4 Å². The highest BCUT2D eigenvalue weighted by atomic mass is 19.4. The summed E-state index contributed by atoms with van der Waals surface area (Å²) >= 11 is 0. The van der Waals surface area contributed by atoms with Crippen LogP contribution in [-0.4, -0.2) is 17.1 Å². The van der Waals surface area contributed by atoms with Crippen LogP contribution < -0.4 is 5.32 Å². The number of rotatable bonds is 7. The molecule has 3 nitrogen and oxygen atoms in total. The van der Waals surface area contributed by atoms with Gasteiger partial charge in [0.2, 0.25) is 0 Å². The van der Waals surface area contributed by atoms with Crippen molar-refractivity contribution in [1.82, 2.24) is 5.32 Å². The van der Waals surface area contributed by atoms with Crippen molar-refractivity contribution in [3.63, 3.8) is 0 Å². The van der Waals surface area contributed by atoms with Crippen molar-refractivity contribution >= 4 is 16.7 Å². The number of hydrogen-bond acceptors (Lipinski definition) is 2. The van der Waals surface area contributed by atoms with E-state index in [1.165, 1.54) is 42.5 Å². The Morgan fingerprint density at radius 2 is 1.46 bits per heavy atom. The molecule has 0 aliphatic carbocycles. The number of fused-ring (bicyclic) bond motifs is 1. The summed E-state index contributed by atoms with van der Waals surface area (Å²) in [5.74, 6) is -1.21. The molecular formula is C28H21F6NO2. The molecule has 4 aromatic carbocycles. The van der Waals surface area contributed by atoms with Crippen molar-refractivity contribution in [3.8, 4) is 0 Å². The van der Waals surface area contributed by atoms with Gasteiger partial charge in [0.25, 0.3) is 12.3 Å². The number of amides is 1. The number of benzene rings is 4. The number of carbonyl (C=O) groups is 1. The second-order valence-corrected chi connectivity index (χ2v) is 8.52. The van der Waals surface area contributed by atoms with E-state index in [0.29, 0.717) is 5.56 Å². The van der Waals surface area contributed by atoms with Gasteiger partial charge in [-0.2, -0.15) is 13.2 Å². The van der Waals surface area contributed by atoms with E-state index < -0.39 is 42.0 Å². The molecule has 0 radical (unpaired) electrons. The van der Waals surface area contributed by atoms with Crippen LogP contribution in [0, 0.1) is 5.82 Å². The van der Waals surface area contributed by atoms with Crippen LogP contribution in [-0.2, 0) is 12.6 Å². The molecule has 9 heteroatoms. The molecule has 0 heterocycles. The summed E-state index contributed by atoms with van der Waals surface area (Å²) in [6, 6.07) is 16.8. The van der Waals surface area contributed by atoms with Crippen LogP contribution in [0.1, 0.15) is 45.1 Å². The summed E-state index contributed by atoms with van der Waals surface area (Å²) in [5, 5.41) is 14.2. The molecule has 0 bridgehead atoms. The average molecular weight is 517 g/mol. The Labute approximate surface area is 208 Å². The van der Waals surface area contributed by atoms with Gasteiger partial charge in [-0.05, 0) is 58.7 Å². The van der Waals surface area contributed by atoms with Gasteiger partial charge in [-0.1, -0.05) is 54.6 Å². The quantitative estimate of drug-likeness (QED) is 0.259. The zero-order valence-corrected chi connectivity index (χ0v) is 19.1. The maximum Gasteiger partial charge on any atom is 0.416 e. The SMILES string of the molecule is O=C(NC(Cc1ccc(C(F)(F)F)cc1)C(O)c1ccc(F)cc1)c1ccc(C(F)F)c2ccccc12. The maximum absolute atomic E-state index is 13.5. The molecule has 0 saturated heterocycles. The van der Waals surface area contributed by atoms with Gasteiger partial charge >= 0.3 is 6.18 Å². The zero-order chi connectivity index (χ0) is 26.7. The predicted octanol–water partition coefficient (Wildman–Crippen LogP) is 7.01. The Bertz CT molecular complexity index is 1380. The van der Waals surface area contributed by atoms with E-state index in [1.54, 1.807) is 12.1 Å². The third-order valence-corrected chi connectivity index (χ3v) is 6.08. The van der Waals surface area contributed by atoms with Crippen molar-refractivity contribution in [2.75, 3.05) is 0 Å². The standard InChI is InChI=1S/C28H21F6NO2/c29-19-11-7-17(8-12-19)25(36)24(15-16-5-9-18(10-6-16)28(32,33)34)35-27(37)23-14-13-22(26(30)31)20-3-1-2-4-21(20)23/h1-14,24-26,36H,15H2,(H,35,37). The van der Waals surface area contributed by atoms with Crippen LogP contribution in [0.4, 0.5) is 26.3 Å². The Morgan fingerprint density at radius 1 is 0.838 bits per heavy atom. The Morgan fingerprint density at radius 3 is 2.05 bits per heavy atom. The second kappa shape index (κ2) is 10.6. The Kier molecular flexibility index (Phi) is 7.54. The van der Waals surface area contributed by atoms with E-state index in [2.05, 4.69) is 5.32 Å². The highest BCUT2D eigenvalue weighted by Crippen LogP contribution is 2.31. The fraction of sp³-hybridized carbons (Fsp3) is 0.179. The molecular weight excluding hydrogens is 496 g/mol. The van der Waals surface area contributed by atoms with E-state index in [-0.39, 0.29) is 33.9 Å². The predicted molar refractivity (Wildman–Crippen MR) is 127 cm³/mol. The number of aliphatic hydroxyl groups excluding tert-OH is 1. The normalized spacial score (nSPS) is 13.5. The summed E-state index contributed by atoms with van der Waals surface area (Å²) in [7, 11) is 0. The lowest BCUT2D eigenvalue weighted by Gasteiger charge is -2.25. The van der Waals surface area contributed by atoms with Gasteiger partial charge in [-0.25, -0.2) is 13.2 Å². The molecule has 2 N–H and O–H groups in total. The fourth-order valence-corrected chi connectivity index (χ4v) is 4.17. The van der Waals surface area contributed by atoms with Gasteiger partial charge in [0, 0.05) is 11.1 Å². The average Bonchev–Trinajstić information content (AvgIpc) is 2.87. The monoisotopic (exact) mass is 517 g/mol. The second-order valence-electron chi connectivity index (χ2n) is 8.52. The van der Waals surface area contributed by atoms with Crippen molar-refractivity contribution < 1.29 is 36.2 Å². The third kappa shape index (κ3) is 5.94. The topological polar surface area (TPSA) is 49.3 Å². The van der Waals surface area contributed by atoms with E-state index in [4.69, 9.17) is 0 Å². The number of alkyl halides is 5. The van der Waals surface area contributed by atoms with E-state index in [1.807, 2.05) is 0 Å². The first-order chi connectivity index (χ1) is 17.5. The van der Waals surface area contributed by atoms with Crippen molar-refractivity contribution in [3.05, 3.63) is 119 Å². The number of hydrogen-bond donors (Lipinski definition) is 2. The minimum atomic E-state index is -4.52. The molecule has 0 aliphatic rings. The molecule has 4 aromatic rings. The van der Waals surface area contributed by atoms with Crippen LogP contribution in [0.25, 0.3) is 10.8 Å². The smallest absolute Gasteiger partial charge is 0.386 e. The summed E-state index contributed by atoms with van der Waals surface area (Å²) in [5.41, 5.74) is -0.320. The third-order valence-electron chi connectivity index (χ3n) is 6.08. The zero-order valence-electron chi connectivity index (χ0n) is 19.1. The van der Waals surface area contributed by atoms with Gasteiger partial charge in [-0.3, -0.25) is 4.79 Å². The van der Waals surface area contributed by atoms with E-state index in [0.717, 1.165) is 30.3 Å². The summed E-state index contributed by atoms with van der Waals surface area (Å²) in [6.45, 7) is 0. The molecule has 0 fully saturated rings. The van der Waals surface area contributed by atoms with Gasteiger partial charge in [0.1, 0.15) is 5.82 Å². The minimum Gasteiger partial charge on any atom is -0.386 e. The number of carbonyl (C=O) groups excluding carboxylic acids is 1. The van der Waals surface area contributed by atoms with Crippen molar-refractivity contribution in [2.24, 2.45) is 0 Å². The first kappa shape index (κ1) is 26.2. The Hall–Kier alpha value is -3.85. The minimum absolute atomic E-state index is 0.0600. The number of aliphatic hydroxyl groups is 1. The lowest BCUT2D eigenvalue weighted by Crippen LogP contribution is -2.41. The molecule has 2 atom stereocenters. The molecule has 0 spiro atoms. The fourth-order valence-electron chi connectivity index (χ4n) is 4.17. The van der Waals surface area contributed by atoms with E-state index >= 15 is 0 Å². The van der Waals surface area contributed by atoms with Crippen LogP contribution in [0.2, 0.25) is 0 Å². The van der Waals surface area contributed by atoms with Gasteiger partial charge in [0.05, 0.1) is 17.7 Å². The largest absolute Gasteiger partial charge is 0.416 e. The number of nitrogens with one attached hydrogen (secondary N) is 1. The highest BCUT2D eigenvalue weighted by Gasteiger charge is 2.30. The summed E-state index contributed by atoms with van der Waals surface area (Å²) in [4.78, 5) is 13.3. The number of halogens is 6. The van der Waals surface area contributed by atoms with Crippen LogP contribution in [0.15, 0.2) is 84.9 Å². The molecule has 0 saturated carbocycles. The first-order valence-electron chi connectivity index (χ1n) is 11.2. The molecule has 0 aromatic heterocycles. The van der Waals surface area contributed by atoms with Gasteiger partial charge in [0.15, 0.2) is 0 Å². The molecule has 0 aliphatic heterocycles. The Balaban J connectivity index is 1.67. The lowest BCUT2D eigenvalue weighted by molar-refractivity contribution is -0.137. The first-order valence-corrected chi connectivity index (χ1v) is 11.2. The maximum atomic E-state index is 13.5. The van der Waals surface area contributed by atoms with Crippen molar-refractivity contribution in [1.29, 1.82) is 0 Å². The summed E-state index contributed by atoms with van der Waals surface area (Å²) in [6.07, 6.45) is -8.69. The molecule has 37 heavy (non-hydrogen) atoms. The van der Waals surface area contributed by atoms with Crippen LogP contribution in [0.5, 0.6) is 0 Å². The molecule has 2 unspecified atom stereocenters. The molecule has 192 valence electrons. The van der Waals surface area contributed by atoms with Crippen LogP contribution >= 0.6 is 0 Å². The lowest BCUT2D eigenvalue weighted by atomic mass is 9.94. The van der Waals surface area contributed by atoms with Crippen LogP contribution in [0.3, 0.4) is 0 Å². The van der Waals surface area contributed by atoms with Crippen molar-refractivity contribution in [2.45, 2.75) is 31.2 Å².